The van der Waals surface area contributed by atoms with Crippen LogP contribution in [-0.4, -0.2) is 43.8 Å². The van der Waals surface area contributed by atoms with Crippen molar-refractivity contribution in [1.82, 2.24) is 5.32 Å². The lowest BCUT2D eigenvalue weighted by molar-refractivity contribution is -0.140. The van der Waals surface area contributed by atoms with E-state index in [4.69, 9.17) is 14.2 Å². The van der Waals surface area contributed by atoms with Crippen LogP contribution in [0.2, 0.25) is 0 Å². The first-order chi connectivity index (χ1) is 14.0. The molecule has 29 heavy (non-hydrogen) atoms. The maximum Gasteiger partial charge on any atom is 0.336 e. The second kappa shape index (κ2) is 9.13. The fourth-order valence-electron chi connectivity index (χ4n) is 3.86. The quantitative estimate of drug-likeness (QED) is 0.536. The maximum absolute atomic E-state index is 12.9. The van der Waals surface area contributed by atoms with Crippen molar-refractivity contribution >= 4 is 11.8 Å². The predicted molar refractivity (Wildman–Crippen MR) is 107 cm³/mol. The van der Waals surface area contributed by atoms with Gasteiger partial charge in [-0.1, -0.05) is 6.07 Å². The van der Waals surface area contributed by atoms with Gasteiger partial charge in [-0.05, 0) is 44.4 Å². The van der Waals surface area contributed by atoms with Gasteiger partial charge in [0.2, 0.25) is 0 Å². The average Bonchev–Trinajstić information content (AvgIpc) is 2.69. The number of benzene rings is 1. The fraction of sp³-hybridized carbons (Fsp3) is 0.455. The number of phenolic OH excluding ortho intramolecular Hbond substituents is 1. The summed E-state index contributed by atoms with van der Waals surface area (Å²) in [4.78, 5) is 25.8. The number of dihydropyridines is 1. The molecule has 1 heterocycles. The lowest BCUT2D eigenvalue weighted by atomic mass is 9.75. The number of ether oxygens (including phenoxy) is 3. The van der Waals surface area contributed by atoms with Crippen LogP contribution < -0.4 is 10.1 Å². The molecule has 1 aliphatic heterocycles. The summed E-state index contributed by atoms with van der Waals surface area (Å²) in [6.45, 7) is 4.43. The Kier molecular flexibility index (Phi) is 6.59. The SMILES string of the molecule is CCOc1cc([C@@H]2C(C(=O)OCCOC)=C(C)NC3=C2C(=O)CCC3)ccc1O. The molecule has 1 aromatic carbocycles. The van der Waals surface area contributed by atoms with Crippen molar-refractivity contribution in [1.29, 1.82) is 0 Å². The van der Waals surface area contributed by atoms with Crippen LogP contribution >= 0.6 is 0 Å². The molecular weight excluding hydrogens is 374 g/mol. The summed E-state index contributed by atoms with van der Waals surface area (Å²) in [7, 11) is 1.53. The first-order valence-electron chi connectivity index (χ1n) is 9.83. The third-order valence-electron chi connectivity index (χ3n) is 5.13. The van der Waals surface area contributed by atoms with Crippen LogP contribution in [-0.2, 0) is 19.1 Å². The third-order valence-corrected chi connectivity index (χ3v) is 5.13. The highest BCUT2D eigenvalue weighted by Crippen LogP contribution is 2.44. The summed E-state index contributed by atoms with van der Waals surface area (Å²) in [5.74, 6) is -0.719. The minimum absolute atomic E-state index is 0.0126. The van der Waals surface area contributed by atoms with E-state index in [0.717, 1.165) is 18.5 Å². The number of carbonyl (C=O) groups is 2. The van der Waals surface area contributed by atoms with E-state index in [0.29, 0.717) is 41.2 Å². The molecule has 1 aromatic rings. The summed E-state index contributed by atoms with van der Waals surface area (Å²) in [5, 5.41) is 13.3. The van der Waals surface area contributed by atoms with Crippen molar-refractivity contribution in [3.05, 3.63) is 46.3 Å². The van der Waals surface area contributed by atoms with E-state index in [1.54, 1.807) is 12.1 Å². The number of hydrogen-bond acceptors (Lipinski definition) is 7. The molecule has 0 unspecified atom stereocenters. The molecule has 0 radical (unpaired) electrons. The van der Waals surface area contributed by atoms with Crippen molar-refractivity contribution in [3.63, 3.8) is 0 Å². The summed E-state index contributed by atoms with van der Waals surface area (Å²) in [6.07, 6.45) is 1.97. The standard InChI is InChI=1S/C22H27NO6/c1-4-28-18-12-14(8-9-16(18)24)20-19(22(26)29-11-10-27-3)13(2)23-15-6-5-7-17(25)21(15)20/h8-9,12,20,23-24H,4-7,10-11H2,1-3H3/t20-/m1/s1. The molecule has 0 bridgehead atoms. The van der Waals surface area contributed by atoms with Crippen LogP contribution in [0.4, 0.5) is 0 Å². The molecule has 0 saturated carbocycles. The number of nitrogens with one attached hydrogen (secondary N) is 1. The Bertz CT molecular complexity index is 870. The van der Waals surface area contributed by atoms with E-state index >= 15 is 0 Å². The molecule has 0 spiro atoms. The number of hydrogen-bond donors (Lipinski definition) is 2. The summed E-state index contributed by atoms with van der Waals surface area (Å²) >= 11 is 0. The van der Waals surface area contributed by atoms with E-state index in [1.807, 2.05) is 13.8 Å². The largest absolute Gasteiger partial charge is 0.504 e. The van der Waals surface area contributed by atoms with Gasteiger partial charge in [0.15, 0.2) is 17.3 Å². The van der Waals surface area contributed by atoms with E-state index in [2.05, 4.69) is 5.32 Å². The Hall–Kier alpha value is -2.80. The first-order valence-corrected chi connectivity index (χ1v) is 9.83. The zero-order valence-electron chi connectivity index (χ0n) is 17.0. The second-order valence-corrected chi connectivity index (χ2v) is 7.05. The maximum atomic E-state index is 12.9. The van der Waals surface area contributed by atoms with Crippen LogP contribution in [0.15, 0.2) is 40.7 Å². The van der Waals surface area contributed by atoms with Gasteiger partial charge in [-0.2, -0.15) is 0 Å². The van der Waals surface area contributed by atoms with E-state index < -0.39 is 11.9 Å². The summed E-state index contributed by atoms with van der Waals surface area (Å²) in [6, 6.07) is 4.94. The van der Waals surface area contributed by atoms with Crippen LogP contribution in [0.25, 0.3) is 0 Å². The van der Waals surface area contributed by atoms with Crippen molar-refractivity contribution in [2.24, 2.45) is 0 Å². The number of carbonyl (C=O) groups excluding carboxylic acids is 2. The molecule has 3 rings (SSSR count). The van der Waals surface area contributed by atoms with Crippen molar-refractivity contribution in [3.8, 4) is 11.5 Å². The minimum atomic E-state index is -0.575. The van der Waals surface area contributed by atoms with Gasteiger partial charge in [-0.15, -0.1) is 0 Å². The average molecular weight is 401 g/mol. The van der Waals surface area contributed by atoms with Crippen molar-refractivity contribution in [2.75, 3.05) is 26.9 Å². The van der Waals surface area contributed by atoms with Crippen molar-refractivity contribution in [2.45, 2.75) is 39.0 Å². The van der Waals surface area contributed by atoms with Gasteiger partial charge in [-0.3, -0.25) is 4.79 Å². The van der Waals surface area contributed by atoms with Crippen molar-refractivity contribution < 1.29 is 28.9 Å². The molecule has 1 atom stereocenters. The van der Waals surface area contributed by atoms with Crippen LogP contribution in [0.1, 0.15) is 44.6 Å². The van der Waals surface area contributed by atoms with Gasteiger partial charge >= 0.3 is 5.97 Å². The number of ketones is 1. The lowest BCUT2D eigenvalue weighted by Crippen LogP contribution is -2.34. The van der Waals surface area contributed by atoms with Gasteiger partial charge in [-0.25, -0.2) is 4.79 Å². The van der Waals surface area contributed by atoms with Crippen LogP contribution in [0.5, 0.6) is 11.5 Å². The van der Waals surface area contributed by atoms with Gasteiger partial charge < -0.3 is 24.6 Å². The Labute approximate surface area is 170 Å². The number of aromatic hydroxyl groups is 1. The number of methoxy groups -OCH3 is 1. The Morgan fingerprint density at radius 3 is 2.79 bits per heavy atom. The molecular formula is C22H27NO6. The fourth-order valence-corrected chi connectivity index (χ4v) is 3.86. The van der Waals surface area contributed by atoms with Gasteiger partial charge in [0.05, 0.1) is 18.8 Å². The Balaban J connectivity index is 2.08. The van der Waals surface area contributed by atoms with E-state index in [-0.39, 0.29) is 24.7 Å². The third kappa shape index (κ3) is 4.29. The van der Waals surface area contributed by atoms with Gasteiger partial charge in [0.25, 0.3) is 0 Å². The monoisotopic (exact) mass is 401 g/mol. The molecule has 2 N–H and O–H groups in total. The van der Waals surface area contributed by atoms with Gasteiger partial charge in [0, 0.05) is 36.4 Å². The number of allylic oxidation sites excluding steroid dienone is 3. The normalized spacial score (nSPS) is 19.0. The Morgan fingerprint density at radius 1 is 1.28 bits per heavy atom. The highest BCUT2D eigenvalue weighted by atomic mass is 16.6. The molecule has 0 saturated heterocycles. The van der Waals surface area contributed by atoms with Crippen LogP contribution in [0, 0.1) is 0 Å². The molecule has 1 aliphatic carbocycles. The number of Topliss-reactive ketones (excluding diaryl/α,β-unsaturated/α-hetero) is 1. The zero-order chi connectivity index (χ0) is 21.0. The van der Waals surface area contributed by atoms with E-state index in [9.17, 15) is 14.7 Å². The topological polar surface area (TPSA) is 94.1 Å². The summed E-state index contributed by atoms with van der Waals surface area (Å²) < 4.78 is 15.9. The molecule has 0 fully saturated rings. The number of rotatable bonds is 7. The minimum Gasteiger partial charge on any atom is -0.504 e. The molecule has 0 amide bonds. The lowest BCUT2D eigenvalue weighted by Gasteiger charge is -2.34. The second-order valence-electron chi connectivity index (χ2n) is 7.05. The van der Waals surface area contributed by atoms with Crippen LogP contribution in [0.3, 0.4) is 0 Å². The smallest absolute Gasteiger partial charge is 0.336 e. The first kappa shape index (κ1) is 20.9. The zero-order valence-corrected chi connectivity index (χ0v) is 17.0. The van der Waals surface area contributed by atoms with E-state index in [1.165, 1.54) is 13.2 Å². The number of phenols is 1. The van der Waals surface area contributed by atoms with Gasteiger partial charge in [0.1, 0.15) is 6.61 Å². The molecule has 2 aliphatic rings. The Morgan fingerprint density at radius 2 is 2.07 bits per heavy atom. The molecule has 0 aromatic heterocycles. The highest BCUT2D eigenvalue weighted by molar-refractivity contribution is 6.03. The molecule has 156 valence electrons. The highest BCUT2D eigenvalue weighted by Gasteiger charge is 2.39. The molecule has 7 heteroatoms. The number of esters is 1. The molecule has 7 nitrogen and oxygen atoms in total. The summed E-state index contributed by atoms with van der Waals surface area (Å²) in [5.41, 5.74) is 3.20. The predicted octanol–water partition coefficient (Wildman–Crippen LogP) is 2.95.